The Kier molecular flexibility index (Phi) is 5.97. The van der Waals surface area contributed by atoms with E-state index >= 15 is 0 Å². The summed E-state index contributed by atoms with van der Waals surface area (Å²) in [6.45, 7) is 2.05. The molecule has 3 N–H and O–H groups in total. The van der Waals surface area contributed by atoms with E-state index in [9.17, 15) is 9.59 Å². The Balaban J connectivity index is 1.76. The molecule has 1 aromatic carbocycles. The number of aryl methyl sites for hydroxylation is 1. The highest BCUT2D eigenvalue weighted by Crippen LogP contribution is 2.17. The maximum Gasteiger partial charge on any atom is 0.236 e. The van der Waals surface area contributed by atoms with Gasteiger partial charge in [-0.1, -0.05) is 29.8 Å². The van der Waals surface area contributed by atoms with Crippen LogP contribution in [0.2, 0.25) is 0 Å². The summed E-state index contributed by atoms with van der Waals surface area (Å²) in [4.78, 5) is 26.8. The van der Waals surface area contributed by atoms with Crippen LogP contribution in [-0.2, 0) is 21.8 Å². The SMILES string of the molecule is Cc1cccc(CSCC(=O)Nc2nc(CC(N)=O)cs2)c1. The molecule has 0 bridgehead atoms. The summed E-state index contributed by atoms with van der Waals surface area (Å²) in [5.74, 6) is 0.619. The molecule has 7 heteroatoms. The minimum Gasteiger partial charge on any atom is -0.369 e. The first-order valence-corrected chi connectivity index (χ1v) is 8.72. The average Bonchev–Trinajstić information content (AvgIpc) is 2.85. The van der Waals surface area contributed by atoms with Crippen LogP contribution < -0.4 is 11.1 Å². The molecular formula is C15H17N3O2S2. The third-order valence-corrected chi connectivity index (χ3v) is 4.55. The van der Waals surface area contributed by atoms with Gasteiger partial charge in [0.15, 0.2) is 5.13 Å². The second-order valence-electron chi connectivity index (χ2n) is 4.82. The van der Waals surface area contributed by atoms with Crippen molar-refractivity contribution in [2.75, 3.05) is 11.1 Å². The maximum atomic E-state index is 11.8. The molecule has 2 amide bonds. The van der Waals surface area contributed by atoms with Crippen LogP contribution in [0, 0.1) is 6.92 Å². The lowest BCUT2D eigenvalue weighted by molar-refractivity contribution is -0.117. The first-order chi connectivity index (χ1) is 10.5. The third-order valence-electron chi connectivity index (χ3n) is 2.74. The van der Waals surface area contributed by atoms with E-state index in [2.05, 4.69) is 22.4 Å². The average molecular weight is 335 g/mol. The quantitative estimate of drug-likeness (QED) is 0.813. The molecule has 0 saturated heterocycles. The second-order valence-corrected chi connectivity index (χ2v) is 6.66. The van der Waals surface area contributed by atoms with Crippen LogP contribution in [0.15, 0.2) is 29.6 Å². The number of amides is 2. The standard InChI is InChI=1S/C15H17N3O2S2/c1-10-3-2-4-11(5-10)7-21-9-14(20)18-15-17-12(8-22-15)6-13(16)19/h2-5,8H,6-7,9H2,1H3,(H2,16,19)(H,17,18,20). The van der Waals surface area contributed by atoms with Crippen molar-refractivity contribution >= 4 is 40.0 Å². The summed E-state index contributed by atoms with van der Waals surface area (Å²) in [5, 5.41) is 4.95. The van der Waals surface area contributed by atoms with Crippen LogP contribution in [0.1, 0.15) is 16.8 Å². The fourth-order valence-electron chi connectivity index (χ4n) is 1.84. The van der Waals surface area contributed by atoms with Gasteiger partial charge in [0.25, 0.3) is 0 Å². The molecule has 5 nitrogen and oxygen atoms in total. The van der Waals surface area contributed by atoms with E-state index in [1.165, 1.54) is 22.5 Å². The Bertz CT molecular complexity index is 670. The van der Waals surface area contributed by atoms with Crippen LogP contribution in [0.25, 0.3) is 0 Å². The molecule has 0 saturated carbocycles. The van der Waals surface area contributed by atoms with Crippen molar-refractivity contribution in [1.82, 2.24) is 4.98 Å². The molecule has 0 spiro atoms. The van der Waals surface area contributed by atoms with Crippen LogP contribution in [0.5, 0.6) is 0 Å². The van der Waals surface area contributed by atoms with E-state index < -0.39 is 5.91 Å². The van der Waals surface area contributed by atoms with Gasteiger partial charge in [0.05, 0.1) is 17.9 Å². The number of nitrogens with zero attached hydrogens (tertiary/aromatic N) is 1. The molecule has 22 heavy (non-hydrogen) atoms. The number of hydrogen-bond acceptors (Lipinski definition) is 5. The molecule has 1 heterocycles. The van der Waals surface area contributed by atoms with Gasteiger partial charge in [-0.15, -0.1) is 23.1 Å². The van der Waals surface area contributed by atoms with Gasteiger partial charge in [-0.05, 0) is 12.5 Å². The summed E-state index contributed by atoms with van der Waals surface area (Å²) in [6, 6.07) is 8.23. The topological polar surface area (TPSA) is 85.1 Å². The Labute approximate surface area is 137 Å². The highest BCUT2D eigenvalue weighted by Gasteiger charge is 2.08. The molecule has 2 rings (SSSR count). The number of thioether (sulfide) groups is 1. The number of carbonyl (C=O) groups is 2. The van der Waals surface area contributed by atoms with Gasteiger partial charge in [0, 0.05) is 11.1 Å². The lowest BCUT2D eigenvalue weighted by Gasteiger charge is -2.03. The number of nitrogens with one attached hydrogen (secondary N) is 1. The number of primary amides is 1. The van der Waals surface area contributed by atoms with Crippen LogP contribution in [0.3, 0.4) is 0 Å². The molecule has 0 aliphatic carbocycles. The lowest BCUT2D eigenvalue weighted by Crippen LogP contribution is -2.15. The van der Waals surface area contributed by atoms with Crippen LogP contribution >= 0.6 is 23.1 Å². The molecule has 0 fully saturated rings. The second kappa shape index (κ2) is 7.95. The van der Waals surface area contributed by atoms with Crippen LogP contribution in [0.4, 0.5) is 5.13 Å². The molecular weight excluding hydrogens is 318 g/mol. The highest BCUT2D eigenvalue weighted by atomic mass is 32.2. The van der Waals surface area contributed by atoms with E-state index in [4.69, 9.17) is 5.73 Å². The van der Waals surface area contributed by atoms with Crippen molar-refractivity contribution in [3.8, 4) is 0 Å². The summed E-state index contributed by atoms with van der Waals surface area (Å²) in [6.07, 6.45) is 0.0917. The van der Waals surface area contributed by atoms with Gasteiger partial charge in [-0.3, -0.25) is 9.59 Å². The summed E-state index contributed by atoms with van der Waals surface area (Å²) >= 11 is 2.84. The molecule has 0 aliphatic rings. The Morgan fingerprint density at radius 1 is 1.41 bits per heavy atom. The number of nitrogens with two attached hydrogens (primary N) is 1. The van der Waals surface area contributed by atoms with Crippen molar-refractivity contribution in [3.63, 3.8) is 0 Å². The van der Waals surface area contributed by atoms with Gasteiger partial charge in [-0.25, -0.2) is 4.98 Å². The van der Waals surface area contributed by atoms with E-state index in [0.29, 0.717) is 16.6 Å². The highest BCUT2D eigenvalue weighted by molar-refractivity contribution is 7.99. The van der Waals surface area contributed by atoms with Crippen LogP contribution in [-0.4, -0.2) is 22.6 Å². The van der Waals surface area contributed by atoms with Crippen molar-refractivity contribution in [2.24, 2.45) is 5.73 Å². The first-order valence-electron chi connectivity index (χ1n) is 6.69. The lowest BCUT2D eigenvalue weighted by atomic mass is 10.2. The van der Waals surface area contributed by atoms with Crippen molar-refractivity contribution in [1.29, 1.82) is 0 Å². The van der Waals surface area contributed by atoms with Gasteiger partial charge >= 0.3 is 0 Å². The van der Waals surface area contributed by atoms with Crippen molar-refractivity contribution in [2.45, 2.75) is 19.1 Å². The fraction of sp³-hybridized carbons (Fsp3) is 0.267. The summed E-state index contributed by atoms with van der Waals surface area (Å²) in [5.41, 5.74) is 8.10. The Morgan fingerprint density at radius 3 is 2.95 bits per heavy atom. The fourth-order valence-corrected chi connectivity index (χ4v) is 3.34. The number of rotatable bonds is 7. The molecule has 116 valence electrons. The predicted octanol–water partition coefficient (Wildman–Crippen LogP) is 2.35. The number of benzene rings is 1. The Morgan fingerprint density at radius 2 is 2.23 bits per heavy atom. The largest absolute Gasteiger partial charge is 0.369 e. The monoisotopic (exact) mass is 335 g/mol. The minimum atomic E-state index is -0.433. The van der Waals surface area contributed by atoms with E-state index in [-0.39, 0.29) is 12.3 Å². The zero-order chi connectivity index (χ0) is 15.9. The van der Waals surface area contributed by atoms with E-state index in [0.717, 1.165) is 5.75 Å². The summed E-state index contributed by atoms with van der Waals surface area (Å²) < 4.78 is 0. The predicted molar refractivity (Wildman–Crippen MR) is 91.0 cm³/mol. The number of hydrogen-bond donors (Lipinski definition) is 2. The Hall–Kier alpha value is -1.86. The molecule has 1 aromatic heterocycles. The molecule has 0 atom stereocenters. The first kappa shape index (κ1) is 16.5. The third kappa shape index (κ3) is 5.50. The number of thiazole rings is 1. The van der Waals surface area contributed by atoms with Gasteiger partial charge in [-0.2, -0.15) is 0 Å². The number of carbonyl (C=O) groups excluding carboxylic acids is 2. The molecule has 0 aliphatic heterocycles. The number of aromatic nitrogens is 1. The molecule has 0 unspecified atom stereocenters. The van der Waals surface area contributed by atoms with Gasteiger partial charge in [0.2, 0.25) is 11.8 Å². The molecule has 0 radical (unpaired) electrons. The van der Waals surface area contributed by atoms with Gasteiger partial charge < -0.3 is 11.1 Å². The van der Waals surface area contributed by atoms with Crippen molar-refractivity contribution < 1.29 is 9.59 Å². The zero-order valence-corrected chi connectivity index (χ0v) is 13.8. The molecule has 2 aromatic rings. The number of anilines is 1. The van der Waals surface area contributed by atoms with E-state index in [1.807, 2.05) is 19.1 Å². The summed E-state index contributed by atoms with van der Waals surface area (Å²) in [7, 11) is 0. The zero-order valence-electron chi connectivity index (χ0n) is 12.2. The minimum absolute atomic E-state index is 0.0917. The smallest absolute Gasteiger partial charge is 0.236 e. The van der Waals surface area contributed by atoms with Gasteiger partial charge in [0.1, 0.15) is 0 Å². The maximum absolute atomic E-state index is 11.8. The van der Waals surface area contributed by atoms with Crippen molar-refractivity contribution in [3.05, 3.63) is 46.5 Å². The van der Waals surface area contributed by atoms with E-state index in [1.54, 1.807) is 17.1 Å². The normalized spacial score (nSPS) is 10.4.